The number of nitrogens with zero attached hydrogens (tertiary/aromatic N) is 5. The molecule has 0 amide bonds. The van der Waals surface area contributed by atoms with Crippen molar-refractivity contribution >= 4 is 21.0 Å². The van der Waals surface area contributed by atoms with Crippen LogP contribution in [-0.2, 0) is 30.5 Å². The average molecular weight is 369 g/mol. The maximum atomic E-state index is 12.6. The molecule has 1 aliphatic heterocycles. The van der Waals surface area contributed by atoms with Crippen LogP contribution in [0.1, 0.15) is 12.8 Å². The van der Waals surface area contributed by atoms with Crippen LogP contribution in [0, 0.1) is 0 Å². The number of hydrogen-bond donors (Lipinski definition) is 0. The molecule has 25 heavy (non-hydrogen) atoms. The van der Waals surface area contributed by atoms with Crippen LogP contribution >= 0.6 is 0 Å². The molecule has 2 aromatic heterocycles. The molecule has 0 aliphatic carbocycles. The van der Waals surface area contributed by atoms with E-state index < -0.39 is 9.84 Å². The summed E-state index contributed by atoms with van der Waals surface area (Å²) in [5.41, 5.74) is 0.0471. The quantitative estimate of drug-likeness (QED) is 0.666. The molecular weight excluding hydrogens is 346 g/mol. The molecular formula is C15H23N5O4S. The fourth-order valence-electron chi connectivity index (χ4n) is 3.38. The second-order valence-corrected chi connectivity index (χ2v) is 8.95. The highest BCUT2D eigenvalue weighted by Crippen LogP contribution is 2.16. The van der Waals surface area contributed by atoms with E-state index >= 15 is 0 Å². The predicted octanol–water partition coefficient (Wildman–Crippen LogP) is -1.06. The molecule has 1 saturated heterocycles. The Kier molecular flexibility index (Phi) is 4.58. The second-order valence-electron chi connectivity index (χ2n) is 6.72. The van der Waals surface area contributed by atoms with E-state index in [-0.39, 0.29) is 35.3 Å². The monoisotopic (exact) mass is 369 g/mol. The molecule has 1 atom stereocenters. The molecule has 0 aromatic carbocycles. The molecule has 138 valence electrons. The zero-order chi connectivity index (χ0) is 18.4. The van der Waals surface area contributed by atoms with Gasteiger partial charge in [0.1, 0.15) is 0 Å². The molecule has 0 N–H and O–H groups in total. The molecule has 2 aromatic rings. The highest BCUT2D eigenvalue weighted by atomic mass is 32.2. The summed E-state index contributed by atoms with van der Waals surface area (Å²) in [5.74, 6) is 0.422. The van der Waals surface area contributed by atoms with Crippen molar-refractivity contribution in [3.05, 3.63) is 27.2 Å². The molecule has 3 heterocycles. The van der Waals surface area contributed by atoms with Gasteiger partial charge in [-0.15, -0.1) is 0 Å². The number of imidazole rings is 1. The molecule has 0 spiro atoms. The van der Waals surface area contributed by atoms with Gasteiger partial charge in [0.15, 0.2) is 21.0 Å². The van der Waals surface area contributed by atoms with Crippen molar-refractivity contribution in [1.29, 1.82) is 0 Å². The summed E-state index contributed by atoms with van der Waals surface area (Å²) >= 11 is 0. The van der Waals surface area contributed by atoms with Crippen LogP contribution in [0.3, 0.4) is 0 Å². The van der Waals surface area contributed by atoms with Crippen LogP contribution in [0.25, 0.3) is 11.2 Å². The second kappa shape index (κ2) is 6.41. The minimum Gasteiger partial charge on any atom is -0.328 e. The molecule has 3 rings (SSSR count). The highest BCUT2D eigenvalue weighted by molar-refractivity contribution is 7.91. The summed E-state index contributed by atoms with van der Waals surface area (Å²) in [6.45, 7) is 0.912. The normalized spacial score (nSPS) is 19.9. The summed E-state index contributed by atoms with van der Waals surface area (Å²) in [4.78, 5) is 31.1. The Labute approximate surface area is 145 Å². The summed E-state index contributed by atoms with van der Waals surface area (Å²) in [5, 5.41) is 0. The molecule has 9 nitrogen and oxygen atoms in total. The molecule has 0 radical (unpaired) electrons. The summed E-state index contributed by atoms with van der Waals surface area (Å²) in [6.07, 6.45) is 2.75. The Balaban J connectivity index is 1.75. The summed E-state index contributed by atoms with van der Waals surface area (Å²) in [7, 11) is 2.29. The third-order valence-electron chi connectivity index (χ3n) is 4.93. The molecule has 0 unspecified atom stereocenters. The van der Waals surface area contributed by atoms with Gasteiger partial charge in [0, 0.05) is 26.7 Å². The SMILES string of the molecule is CN(CCCn1c(=O)c2c(ncn2C)n(C)c1=O)[C@@H]1CCS(=O)(=O)C1. The van der Waals surface area contributed by atoms with E-state index in [0.717, 1.165) is 0 Å². The van der Waals surface area contributed by atoms with Crippen molar-refractivity contribution in [2.75, 3.05) is 25.1 Å². The number of sulfone groups is 1. The first-order valence-corrected chi connectivity index (χ1v) is 10.0. The molecule has 0 bridgehead atoms. The Bertz CT molecular complexity index is 1020. The van der Waals surface area contributed by atoms with Gasteiger partial charge >= 0.3 is 5.69 Å². The average Bonchev–Trinajstić information content (AvgIpc) is 3.11. The molecule has 0 saturated carbocycles. The van der Waals surface area contributed by atoms with Crippen molar-refractivity contribution in [2.45, 2.75) is 25.4 Å². The smallest absolute Gasteiger partial charge is 0.328 e. The Hall–Kier alpha value is -1.94. The lowest BCUT2D eigenvalue weighted by Gasteiger charge is -2.23. The van der Waals surface area contributed by atoms with E-state index in [1.165, 1.54) is 15.5 Å². The van der Waals surface area contributed by atoms with Crippen molar-refractivity contribution < 1.29 is 8.42 Å². The van der Waals surface area contributed by atoms with Gasteiger partial charge in [-0.25, -0.2) is 18.2 Å². The van der Waals surface area contributed by atoms with E-state index in [0.29, 0.717) is 30.6 Å². The summed E-state index contributed by atoms with van der Waals surface area (Å²) in [6, 6.07) is 0.0177. The number of fused-ring (bicyclic) bond motifs is 1. The maximum absolute atomic E-state index is 12.6. The lowest BCUT2D eigenvalue weighted by Crippen LogP contribution is -2.40. The minimum absolute atomic E-state index is 0.0177. The first-order valence-electron chi connectivity index (χ1n) is 8.23. The van der Waals surface area contributed by atoms with Crippen molar-refractivity contribution in [3.63, 3.8) is 0 Å². The van der Waals surface area contributed by atoms with Crippen molar-refractivity contribution in [2.24, 2.45) is 14.1 Å². The van der Waals surface area contributed by atoms with Crippen LogP contribution in [0.15, 0.2) is 15.9 Å². The van der Waals surface area contributed by atoms with Crippen molar-refractivity contribution in [1.82, 2.24) is 23.6 Å². The summed E-state index contributed by atoms with van der Waals surface area (Å²) < 4.78 is 27.4. The van der Waals surface area contributed by atoms with Crippen molar-refractivity contribution in [3.8, 4) is 0 Å². The van der Waals surface area contributed by atoms with E-state index in [1.54, 1.807) is 18.7 Å². The van der Waals surface area contributed by atoms with Gasteiger partial charge < -0.3 is 9.47 Å². The predicted molar refractivity (Wildman–Crippen MR) is 94.5 cm³/mol. The number of aromatic nitrogens is 4. The molecule has 10 heteroatoms. The lowest BCUT2D eigenvalue weighted by molar-refractivity contribution is 0.253. The van der Waals surface area contributed by atoms with Gasteiger partial charge in [0.05, 0.1) is 17.8 Å². The number of aryl methyl sites for hydroxylation is 2. The van der Waals surface area contributed by atoms with E-state index in [9.17, 15) is 18.0 Å². The Morgan fingerprint density at radius 1 is 1.32 bits per heavy atom. The minimum atomic E-state index is -2.92. The third-order valence-corrected chi connectivity index (χ3v) is 6.68. The van der Waals surface area contributed by atoms with E-state index in [2.05, 4.69) is 4.98 Å². The zero-order valence-electron chi connectivity index (χ0n) is 14.7. The first-order chi connectivity index (χ1) is 11.7. The van der Waals surface area contributed by atoms with Gasteiger partial charge in [0.25, 0.3) is 5.56 Å². The van der Waals surface area contributed by atoms with E-state index in [1.807, 2.05) is 11.9 Å². The Morgan fingerprint density at radius 2 is 2.04 bits per heavy atom. The van der Waals surface area contributed by atoms with Crippen LogP contribution in [-0.4, -0.2) is 63.1 Å². The number of rotatable bonds is 5. The maximum Gasteiger partial charge on any atom is 0.332 e. The van der Waals surface area contributed by atoms with Gasteiger partial charge in [-0.2, -0.15) is 0 Å². The molecule has 1 fully saturated rings. The first kappa shape index (κ1) is 17.9. The van der Waals surface area contributed by atoms with E-state index in [4.69, 9.17) is 0 Å². The van der Waals surface area contributed by atoms with Crippen LogP contribution in [0.5, 0.6) is 0 Å². The van der Waals surface area contributed by atoms with Gasteiger partial charge in [-0.1, -0.05) is 0 Å². The van der Waals surface area contributed by atoms with Crippen LogP contribution in [0.2, 0.25) is 0 Å². The van der Waals surface area contributed by atoms with Gasteiger partial charge in [0.2, 0.25) is 0 Å². The lowest BCUT2D eigenvalue weighted by atomic mass is 10.2. The standard InChI is InChI=1S/C15H23N5O4S/c1-17(11-5-8-25(23,24)9-11)6-4-7-20-14(21)12-13(16-10-18(12)2)19(3)15(20)22/h10-11H,4-9H2,1-3H3/t11-/m1/s1. The largest absolute Gasteiger partial charge is 0.332 e. The number of hydrogen-bond acceptors (Lipinski definition) is 6. The third kappa shape index (κ3) is 3.28. The fourth-order valence-corrected chi connectivity index (χ4v) is 5.18. The molecule has 1 aliphatic rings. The highest BCUT2D eigenvalue weighted by Gasteiger charge is 2.30. The van der Waals surface area contributed by atoms with Gasteiger partial charge in [-0.3, -0.25) is 13.9 Å². The van der Waals surface area contributed by atoms with Gasteiger partial charge in [-0.05, 0) is 26.4 Å². The Morgan fingerprint density at radius 3 is 2.68 bits per heavy atom. The topological polar surface area (TPSA) is 99.2 Å². The van der Waals surface area contributed by atoms with Crippen LogP contribution in [0.4, 0.5) is 0 Å². The zero-order valence-corrected chi connectivity index (χ0v) is 15.5. The van der Waals surface area contributed by atoms with Crippen LogP contribution < -0.4 is 11.2 Å². The fraction of sp³-hybridized carbons (Fsp3) is 0.667.